The summed E-state index contributed by atoms with van der Waals surface area (Å²) in [6.07, 6.45) is -14.5. The van der Waals surface area contributed by atoms with Crippen molar-refractivity contribution in [3.63, 3.8) is 0 Å². The third kappa shape index (κ3) is 7.65. The molecule has 1 fully saturated rings. The molecule has 1 saturated heterocycles. The zero-order valence-electron chi connectivity index (χ0n) is 22.8. The maximum Gasteiger partial charge on any atom is 0.527 e. The van der Waals surface area contributed by atoms with Crippen LogP contribution in [0.1, 0.15) is 55.4 Å². The molecular formula is C29H21F13O3. The van der Waals surface area contributed by atoms with E-state index in [-0.39, 0.29) is 23.6 Å². The number of rotatable bonds is 9. The van der Waals surface area contributed by atoms with Gasteiger partial charge in [0.2, 0.25) is 0 Å². The molecule has 3 aromatic rings. The lowest BCUT2D eigenvalue weighted by Gasteiger charge is -2.29. The highest BCUT2D eigenvalue weighted by molar-refractivity contribution is 5.66. The number of ether oxygens (including phenoxy) is 3. The molecule has 2 atom stereocenters. The minimum absolute atomic E-state index is 0.106. The molecule has 2 unspecified atom stereocenters. The van der Waals surface area contributed by atoms with E-state index in [1.807, 2.05) is 6.92 Å². The van der Waals surface area contributed by atoms with Crippen molar-refractivity contribution in [3.05, 3.63) is 88.0 Å². The quantitative estimate of drug-likeness (QED) is 0.213. The van der Waals surface area contributed by atoms with Crippen molar-refractivity contribution in [2.75, 3.05) is 6.61 Å². The summed E-state index contributed by atoms with van der Waals surface area (Å²) in [6, 6.07) is 1.19. The van der Waals surface area contributed by atoms with E-state index in [0.29, 0.717) is 13.0 Å². The second-order valence-electron chi connectivity index (χ2n) is 10.2. The van der Waals surface area contributed by atoms with Crippen molar-refractivity contribution in [1.29, 1.82) is 0 Å². The number of hydrogen-bond donors (Lipinski definition) is 0. The SMILES string of the molecule is CCCC1CCC(c2cc(F)c(-c3cc(F)c(C(F)(F)Oc4cc(F)c(C(F)(F)OC(F)(F)F)c(F)c4)c(F)c3)c(F)c2)OC1. The molecule has 1 aliphatic rings. The van der Waals surface area contributed by atoms with Crippen LogP contribution in [0.4, 0.5) is 57.1 Å². The fourth-order valence-electron chi connectivity index (χ4n) is 5.04. The van der Waals surface area contributed by atoms with Crippen LogP contribution in [0.15, 0.2) is 36.4 Å². The van der Waals surface area contributed by atoms with E-state index in [9.17, 15) is 48.3 Å². The standard InChI is InChI=1S/C29H21F13O3/c1-2-3-13-4-5-23(43-12-13)14-6-17(30)24(18(31)7-14)15-8-19(32)25(20(33)9-15)27(36,37)44-16-10-21(34)26(22(35)11-16)28(38,39)45-29(40,41)42/h6-11,13,23H,2-5,12H2,1H3. The van der Waals surface area contributed by atoms with Crippen LogP contribution in [0.5, 0.6) is 5.75 Å². The Bertz CT molecular complexity index is 1480. The van der Waals surface area contributed by atoms with Gasteiger partial charge in [-0.2, -0.15) is 17.6 Å². The Morgan fingerprint density at radius 3 is 1.67 bits per heavy atom. The summed E-state index contributed by atoms with van der Waals surface area (Å²) in [7, 11) is 0. The maximum absolute atomic E-state index is 15.0. The molecule has 0 radical (unpaired) electrons. The zero-order valence-corrected chi connectivity index (χ0v) is 22.8. The van der Waals surface area contributed by atoms with Crippen LogP contribution in [-0.4, -0.2) is 13.0 Å². The van der Waals surface area contributed by atoms with Gasteiger partial charge in [-0.3, -0.25) is 0 Å². The van der Waals surface area contributed by atoms with E-state index in [4.69, 9.17) is 4.74 Å². The second-order valence-corrected chi connectivity index (χ2v) is 10.2. The fraction of sp³-hybridized carbons (Fsp3) is 0.379. The summed E-state index contributed by atoms with van der Waals surface area (Å²) >= 11 is 0. The first-order valence-electron chi connectivity index (χ1n) is 13.1. The van der Waals surface area contributed by atoms with Crippen LogP contribution < -0.4 is 4.74 Å². The molecule has 45 heavy (non-hydrogen) atoms. The average molecular weight is 664 g/mol. The zero-order chi connectivity index (χ0) is 33.5. The average Bonchev–Trinajstić information content (AvgIpc) is 2.86. The first-order chi connectivity index (χ1) is 20.8. The summed E-state index contributed by atoms with van der Waals surface area (Å²) in [5.74, 6) is -13.3. The Hall–Kier alpha value is -3.53. The normalized spacial score (nSPS) is 17.9. The predicted octanol–water partition coefficient (Wildman–Crippen LogP) is 10.2. The summed E-state index contributed by atoms with van der Waals surface area (Å²) in [5.41, 5.74) is -6.56. The number of halogens is 13. The molecule has 3 nitrogen and oxygen atoms in total. The largest absolute Gasteiger partial charge is 0.527 e. The number of alkyl halides is 7. The number of hydrogen-bond acceptors (Lipinski definition) is 3. The van der Waals surface area contributed by atoms with Gasteiger partial charge in [0.25, 0.3) is 0 Å². The van der Waals surface area contributed by atoms with Crippen molar-refractivity contribution in [1.82, 2.24) is 0 Å². The third-order valence-corrected chi connectivity index (χ3v) is 6.92. The van der Waals surface area contributed by atoms with Crippen molar-refractivity contribution in [3.8, 4) is 16.9 Å². The smallest absolute Gasteiger partial charge is 0.429 e. The van der Waals surface area contributed by atoms with E-state index < -0.39 is 99.7 Å². The van der Waals surface area contributed by atoms with E-state index in [2.05, 4.69) is 9.47 Å². The van der Waals surface area contributed by atoms with E-state index in [0.717, 1.165) is 31.4 Å². The monoisotopic (exact) mass is 664 g/mol. The lowest BCUT2D eigenvalue weighted by atomic mass is 9.91. The lowest BCUT2D eigenvalue weighted by Crippen LogP contribution is -2.30. The van der Waals surface area contributed by atoms with Gasteiger partial charge in [0.05, 0.1) is 18.3 Å². The van der Waals surface area contributed by atoms with Crippen LogP contribution in [-0.2, 0) is 21.7 Å². The van der Waals surface area contributed by atoms with Crippen LogP contribution in [0.3, 0.4) is 0 Å². The summed E-state index contributed by atoms with van der Waals surface area (Å²) < 4.78 is 193. The van der Waals surface area contributed by atoms with E-state index in [1.165, 1.54) is 0 Å². The molecule has 0 amide bonds. The second kappa shape index (κ2) is 12.7. The van der Waals surface area contributed by atoms with Gasteiger partial charge >= 0.3 is 18.6 Å². The Morgan fingerprint density at radius 1 is 0.689 bits per heavy atom. The predicted molar refractivity (Wildman–Crippen MR) is 130 cm³/mol. The highest BCUT2D eigenvalue weighted by atomic mass is 19.4. The molecule has 0 N–H and O–H groups in total. The van der Waals surface area contributed by atoms with Crippen LogP contribution >= 0.6 is 0 Å². The highest BCUT2D eigenvalue weighted by Crippen LogP contribution is 2.43. The Kier molecular flexibility index (Phi) is 9.69. The van der Waals surface area contributed by atoms with Crippen molar-refractivity contribution in [2.24, 2.45) is 5.92 Å². The first kappa shape index (κ1) is 34.3. The molecule has 0 bridgehead atoms. The van der Waals surface area contributed by atoms with Crippen molar-refractivity contribution in [2.45, 2.75) is 57.3 Å². The van der Waals surface area contributed by atoms with Crippen LogP contribution in [0.2, 0.25) is 0 Å². The Balaban J connectivity index is 1.60. The van der Waals surface area contributed by atoms with Gasteiger partial charge in [-0.25, -0.2) is 31.1 Å². The van der Waals surface area contributed by atoms with Gasteiger partial charge in [0.1, 0.15) is 51.8 Å². The van der Waals surface area contributed by atoms with Gasteiger partial charge in [0, 0.05) is 12.1 Å². The van der Waals surface area contributed by atoms with Crippen molar-refractivity contribution < 1.29 is 71.3 Å². The minimum Gasteiger partial charge on any atom is -0.429 e. The molecule has 3 aromatic carbocycles. The van der Waals surface area contributed by atoms with Gasteiger partial charge in [0.15, 0.2) is 0 Å². The molecule has 0 aromatic heterocycles. The summed E-state index contributed by atoms with van der Waals surface area (Å²) in [4.78, 5) is 0. The maximum atomic E-state index is 15.0. The van der Waals surface area contributed by atoms with Gasteiger partial charge in [-0.05, 0) is 60.6 Å². The molecule has 1 heterocycles. The highest BCUT2D eigenvalue weighted by Gasteiger charge is 2.50. The van der Waals surface area contributed by atoms with E-state index >= 15 is 8.78 Å². The Morgan fingerprint density at radius 2 is 1.20 bits per heavy atom. The van der Waals surface area contributed by atoms with Crippen LogP contribution in [0, 0.1) is 40.8 Å². The van der Waals surface area contributed by atoms with Crippen molar-refractivity contribution >= 4 is 0 Å². The molecule has 0 saturated carbocycles. The molecule has 1 aliphatic heterocycles. The van der Waals surface area contributed by atoms with Crippen LogP contribution in [0.25, 0.3) is 11.1 Å². The molecule has 16 heteroatoms. The summed E-state index contributed by atoms with van der Waals surface area (Å²) in [5, 5.41) is 0. The lowest BCUT2D eigenvalue weighted by molar-refractivity contribution is -0.432. The summed E-state index contributed by atoms with van der Waals surface area (Å²) in [6.45, 7) is 2.36. The first-order valence-corrected chi connectivity index (χ1v) is 13.1. The van der Waals surface area contributed by atoms with E-state index in [1.54, 1.807) is 0 Å². The Labute approximate surface area is 246 Å². The van der Waals surface area contributed by atoms with Gasteiger partial charge < -0.3 is 9.47 Å². The molecular weight excluding hydrogens is 643 g/mol. The number of benzene rings is 3. The molecule has 246 valence electrons. The molecule has 0 spiro atoms. The molecule has 4 rings (SSSR count). The third-order valence-electron chi connectivity index (χ3n) is 6.92. The van der Waals surface area contributed by atoms with Gasteiger partial charge in [-0.15, -0.1) is 13.2 Å². The fourth-order valence-corrected chi connectivity index (χ4v) is 5.04. The molecule has 0 aliphatic carbocycles. The minimum atomic E-state index is -6.07. The van der Waals surface area contributed by atoms with Gasteiger partial charge in [-0.1, -0.05) is 13.3 Å². The topological polar surface area (TPSA) is 27.7 Å².